The molecule has 0 aromatic rings. The maximum Gasteiger partial charge on any atom is 0.327 e. The largest absolute Gasteiger partial charge is 0.450 e. The van der Waals surface area contributed by atoms with Crippen LogP contribution in [0.3, 0.4) is 0 Å². The second-order valence-electron chi connectivity index (χ2n) is 5.98. The molecule has 1 aliphatic rings. The molecule has 9 nitrogen and oxygen atoms in total. The molecular formula is C15H22N2O7. The van der Waals surface area contributed by atoms with Crippen molar-refractivity contribution in [1.82, 2.24) is 10.2 Å². The van der Waals surface area contributed by atoms with Gasteiger partial charge in [-0.1, -0.05) is 13.8 Å². The summed E-state index contributed by atoms with van der Waals surface area (Å²) in [5.41, 5.74) is -1.07. The first-order chi connectivity index (χ1) is 11.2. The standard InChI is InChI=1S/C15H22N2O7/c1-15(2,9-19)13(14(23)16-6-3-7-18)24-12(22)8-17-10(20)4-5-11(17)21/h4-5,13,18-19H,3,6-9H2,1-2H3,(H,16,23). The van der Waals surface area contributed by atoms with Crippen LogP contribution in [0.4, 0.5) is 0 Å². The quantitative estimate of drug-likeness (QED) is 0.259. The summed E-state index contributed by atoms with van der Waals surface area (Å²) in [5, 5.41) is 20.6. The van der Waals surface area contributed by atoms with Gasteiger partial charge in [0.1, 0.15) is 6.54 Å². The zero-order valence-electron chi connectivity index (χ0n) is 13.7. The molecule has 1 aliphatic heterocycles. The van der Waals surface area contributed by atoms with Gasteiger partial charge < -0.3 is 20.3 Å². The minimum atomic E-state index is -1.31. The van der Waals surface area contributed by atoms with Gasteiger partial charge in [-0.3, -0.25) is 24.1 Å². The molecule has 9 heteroatoms. The molecule has 3 amide bonds. The molecule has 0 radical (unpaired) electrons. The molecule has 1 heterocycles. The van der Waals surface area contributed by atoms with Crippen molar-refractivity contribution in [2.75, 3.05) is 26.3 Å². The van der Waals surface area contributed by atoms with Gasteiger partial charge in [-0.2, -0.15) is 0 Å². The number of carbonyl (C=O) groups is 4. The summed E-state index contributed by atoms with van der Waals surface area (Å²) in [5.74, 6) is -2.85. The summed E-state index contributed by atoms with van der Waals surface area (Å²) in [4.78, 5) is 47.7. The molecule has 0 bridgehead atoms. The van der Waals surface area contributed by atoms with Crippen LogP contribution in [-0.4, -0.2) is 71.2 Å². The van der Waals surface area contributed by atoms with E-state index < -0.39 is 48.4 Å². The van der Waals surface area contributed by atoms with E-state index in [1.165, 1.54) is 13.8 Å². The Kier molecular flexibility index (Phi) is 7.05. The predicted molar refractivity (Wildman–Crippen MR) is 81.3 cm³/mol. The van der Waals surface area contributed by atoms with Crippen LogP contribution in [0.15, 0.2) is 12.2 Å². The average molecular weight is 342 g/mol. The highest BCUT2D eigenvalue weighted by molar-refractivity contribution is 6.14. The first-order valence-electron chi connectivity index (χ1n) is 7.45. The number of imide groups is 1. The number of esters is 1. The summed E-state index contributed by atoms with van der Waals surface area (Å²) in [6, 6.07) is 0. The first-order valence-corrected chi connectivity index (χ1v) is 7.45. The van der Waals surface area contributed by atoms with Crippen molar-refractivity contribution in [3.05, 3.63) is 12.2 Å². The number of ether oxygens (including phenoxy) is 1. The van der Waals surface area contributed by atoms with Crippen LogP contribution in [0.1, 0.15) is 20.3 Å². The third kappa shape index (κ3) is 5.14. The van der Waals surface area contributed by atoms with E-state index in [1.807, 2.05) is 0 Å². The van der Waals surface area contributed by atoms with Gasteiger partial charge in [0.15, 0.2) is 6.10 Å². The second-order valence-corrected chi connectivity index (χ2v) is 5.98. The lowest BCUT2D eigenvalue weighted by molar-refractivity contribution is -0.167. The number of carbonyl (C=O) groups excluding carboxylic acids is 4. The van der Waals surface area contributed by atoms with Crippen LogP contribution in [-0.2, 0) is 23.9 Å². The Bertz CT molecular complexity index is 524. The molecule has 0 fully saturated rings. The number of nitrogens with zero attached hydrogens (tertiary/aromatic N) is 1. The van der Waals surface area contributed by atoms with E-state index in [4.69, 9.17) is 9.84 Å². The van der Waals surface area contributed by atoms with E-state index in [9.17, 15) is 24.3 Å². The number of aliphatic hydroxyl groups is 2. The van der Waals surface area contributed by atoms with Crippen LogP contribution >= 0.6 is 0 Å². The van der Waals surface area contributed by atoms with Gasteiger partial charge in [0, 0.05) is 30.7 Å². The van der Waals surface area contributed by atoms with E-state index >= 15 is 0 Å². The fourth-order valence-electron chi connectivity index (χ4n) is 1.92. The van der Waals surface area contributed by atoms with Crippen molar-refractivity contribution >= 4 is 23.7 Å². The average Bonchev–Trinajstić information content (AvgIpc) is 2.84. The Balaban J connectivity index is 2.73. The predicted octanol–water partition coefficient (Wildman–Crippen LogP) is -1.66. The second kappa shape index (κ2) is 8.55. The van der Waals surface area contributed by atoms with Crippen molar-refractivity contribution in [1.29, 1.82) is 0 Å². The molecule has 1 unspecified atom stereocenters. The fraction of sp³-hybridized carbons (Fsp3) is 0.600. The van der Waals surface area contributed by atoms with E-state index in [-0.39, 0.29) is 13.2 Å². The smallest absolute Gasteiger partial charge is 0.327 e. The number of amides is 3. The van der Waals surface area contributed by atoms with Gasteiger partial charge in [-0.15, -0.1) is 0 Å². The third-order valence-corrected chi connectivity index (χ3v) is 3.43. The molecule has 0 spiro atoms. The topological polar surface area (TPSA) is 133 Å². The maximum atomic E-state index is 12.2. The molecule has 24 heavy (non-hydrogen) atoms. The third-order valence-electron chi connectivity index (χ3n) is 3.43. The summed E-state index contributed by atoms with van der Waals surface area (Å²) in [7, 11) is 0. The van der Waals surface area contributed by atoms with Crippen molar-refractivity contribution in [2.24, 2.45) is 5.41 Å². The van der Waals surface area contributed by atoms with Crippen molar-refractivity contribution in [3.8, 4) is 0 Å². The summed E-state index contributed by atoms with van der Waals surface area (Å²) < 4.78 is 5.11. The Morgan fingerprint density at radius 2 is 1.83 bits per heavy atom. The van der Waals surface area contributed by atoms with Gasteiger partial charge in [-0.25, -0.2) is 0 Å². The Labute approximate surface area is 139 Å². The zero-order chi connectivity index (χ0) is 18.3. The summed E-state index contributed by atoms with van der Waals surface area (Å²) in [6.07, 6.45) is 1.09. The highest BCUT2D eigenvalue weighted by atomic mass is 16.6. The van der Waals surface area contributed by atoms with Gasteiger partial charge in [0.05, 0.1) is 6.61 Å². The Morgan fingerprint density at radius 3 is 2.33 bits per heavy atom. The van der Waals surface area contributed by atoms with Gasteiger partial charge >= 0.3 is 5.97 Å². The minimum Gasteiger partial charge on any atom is -0.450 e. The van der Waals surface area contributed by atoms with Crippen LogP contribution < -0.4 is 5.32 Å². The molecule has 0 saturated carbocycles. The normalized spacial score (nSPS) is 15.6. The Morgan fingerprint density at radius 1 is 1.25 bits per heavy atom. The highest BCUT2D eigenvalue weighted by Gasteiger charge is 2.39. The number of hydrogen-bond acceptors (Lipinski definition) is 7. The van der Waals surface area contributed by atoms with Crippen LogP contribution in [0, 0.1) is 5.41 Å². The van der Waals surface area contributed by atoms with Crippen LogP contribution in [0.25, 0.3) is 0 Å². The van der Waals surface area contributed by atoms with Crippen LogP contribution in [0.2, 0.25) is 0 Å². The molecule has 0 aromatic carbocycles. The van der Waals surface area contributed by atoms with Gasteiger partial charge in [0.2, 0.25) is 0 Å². The minimum absolute atomic E-state index is 0.111. The highest BCUT2D eigenvalue weighted by Crippen LogP contribution is 2.23. The molecule has 1 atom stereocenters. The van der Waals surface area contributed by atoms with Gasteiger partial charge in [-0.05, 0) is 6.42 Å². The fourth-order valence-corrected chi connectivity index (χ4v) is 1.92. The van der Waals surface area contributed by atoms with Crippen LogP contribution in [0.5, 0.6) is 0 Å². The molecule has 0 aliphatic carbocycles. The lowest BCUT2D eigenvalue weighted by Gasteiger charge is -2.31. The summed E-state index contributed by atoms with van der Waals surface area (Å²) in [6.45, 7) is 2.08. The van der Waals surface area contributed by atoms with Gasteiger partial charge in [0.25, 0.3) is 17.7 Å². The van der Waals surface area contributed by atoms with E-state index in [0.717, 1.165) is 12.2 Å². The lowest BCUT2D eigenvalue weighted by Crippen LogP contribution is -2.49. The molecular weight excluding hydrogens is 320 g/mol. The number of nitrogens with one attached hydrogen (secondary N) is 1. The van der Waals surface area contributed by atoms with E-state index in [1.54, 1.807) is 0 Å². The summed E-state index contributed by atoms with van der Waals surface area (Å²) >= 11 is 0. The van der Waals surface area contributed by atoms with E-state index in [2.05, 4.69) is 5.32 Å². The monoisotopic (exact) mass is 342 g/mol. The number of aliphatic hydroxyl groups excluding tert-OH is 2. The molecule has 134 valence electrons. The molecule has 3 N–H and O–H groups in total. The number of rotatable bonds is 9. The Hall–Kier alpha value is -2.26. The zero-order valence-corrected chi connectivity index (χ0v) is 13.7. The molecule has 0 aromatic heterocycles. The lowest BCUT2D eigenvalue weighted by atomic mass is 9.86. The van der Waals surface area contributed by atoms with E-state index in [0.29, 0.717) is 11.3 Å². The maximum absolute atomic E-state index is 12.2. The SMILES string of the molecule is CC(C)(CO)C(OC(=O)CN1C(=O)C=CC1=O)C(=O)NCCCO. The number of hydrogen-bond donors (Lipinski definition) is 3. The van der Waals surface area contributed by atoms with Crippen molar-refractivity contribution in [3.63, 3.8) is 0 Å². The molecule has 0 saturated heterocycles. The van der Waals surface area contributed by atoms with Crippen molar-refractivity contribution < 1.29 is 34.1 Å². The molecule has 1 rings (SSSR count). The first kappa shape index (κ1) is 19.8. The van der Waals surface area contributed by atoms with Crippen molar-refractivity contribution in [2.45, 2.75) is 26.4 Å².